The van der Waals surface area contributed by atoms with Crippen molar-refractivity contribution in [1.82, 2.24) is 5.32 Å². The maximum absolute atomic E-state index is 12.7. The van der Waals surface area contributed by atoms with Crippen molar-refractivity contribution >= 4 is 40.7 Å². The van der Waals surface area contributed by atoms with Crippen molar-refractivity contribution in [3.63, 3.8) is 0 Å². The third-order valence-corrected chi connectivity index (χ3v) is 5.48. The second-order valence-corrected chi connectivity index (χ2v) is 7.53. The number of nitrogens with one attached hydrogen (secondary N) is 2. The third-order valence-electron chi connectivity index (χ3n) is 4.66. The van der Waals surface area contributed by atoms with Crippen LogP contribution in [0, 0.1) is 0 Å². The fourth-order valence-electron chi connectivity index (χ4n) is 3.23. The van der Waals surface area contributed by atoms with Crippen molar-refractivity contribution in [2.45, 2.75) is 38.1 Å². The number of rotatable bonds is 6. The second kappa shape index (κ2) is 9.80. The molecule has 2 amide bonds. The number of benzene rings is 2. The van der Waals surface area contributed by atoms with E-state index < -0.39 is 5.91 Å². The van der Waals surface area contributed by atoms with Gasteiger partial charge in [0.2, 0.25) is 0 Å². The number of halogens is 2. The van der Waals surface area contributed by atoms with Crippen molar-refractivity contribution < 1.29 is 14.3 Å². The Bertz CT molecular complexity index is 851. The molecule has 7 heteroatoms. The zero-order valence-corrected chi connectivity index (χ0v) is 16.9. The fraction of sp³-hybridized carbons (Fsp3) is 0.333. The normalized spacial score (nSPS) is 14.4. The van der Waals surface area contributed by atoms with Gasteiger partial charge >= 0.3 is 0 Å². The summed E-state index contributed by atoms with van der Waals surface area (Å²) < 4.78 is 5.62. The van der Waals surface area contributed by atoms with E-state index in [9.17, 15) is 9.59 Å². The Labute approximate surface area is 174 Å². The van der Waals surface area contributed by atoms with E-state index in [4.69, 9.17) is 27.9 Å². The molecule has 148 valence electrons. The SMILES string of the molecule is O=C(COc1ccccc1C(=O)Nc1cccc(Cl)c1Cl)NC1CCCCC1. The monoisotopic (exact) mass is 420 g/mol. The van der Waals surface area contributed by atoms with Crippen LogP contribution in [-0.4, -0.2) is 24.5 Å². The molecule has 2 N–H and O–H groups in total. The zero-order chi connectivity index (χ0) is 19.9. The molecule has 1 aliphatic carbocycles. The van der Waals surface area contributed by atoms with Gasteiger partial charge in [-0.3, -0.25) is 9.59 Å². The molecule has 28 heavy (non-hydrogen) atoms. The summed E-state index contributed by atoms with van der Waals surface area (Å²) >= 11 is 12.1. The minimum absolute atomic E-state index is 0.140. The minimum atomic E-state index is -0.396. The van der Waals surface area contributed by atoms with E-state index in [0.29, 0.717) is 22.0 Å². The molecule has 0 aromatic heterocycles. The molecular formula is C21H22Cl2N2O3. The molecule has 1 saturated carbocycles. The van der Waals surface area contributed by atoms with E-state index in [1.165, 1.54) is 6.42 Å². The van der Waals surface area contributed by atoms with Gasteiger partial charge in [0, 0.05) is 6.04 Å². The van der Waals surface area contributed by atoms with Gasteiger partial charge in [-0.25, -0.2) is 0 Å². The highest BCUT2D eigenvalue weighted by Crippen LogP contribution is 2.30. The van der Waals surface area contributed by atoms with Gasteiger partial charge < -0.3 is 15.4 Å². The van der Waals surface area contributed by atoms with Crippen LogP contribution in [0.25, 0.3) is 0 Å². The van der Waals surface area contributed by atoms with E-state index in [-0.39, 0.29) is 23.6 Å². The first-order chi connectivity index (χ1) is 13.5. The van der Waals surface area contributed by atoms with Crippen LogP contribution in [0.3, 0.4) is 0 Å². The molecular weight excluding hydrogens is 399 g/mol. The number of ether oxygens (including phenoxy) is 1. The van der Waals surface area contributed by atoms with Crippen molar-refractivity contribution in [2.24, 2.45) is 0 Å². The predicted molar refractivity (Wildman–Crippen MR) is 111 cm³/mol. The summed E-state index contributed by atoms with van der Waals surface area (Å²) in [6, 6.07) is 12.0. The molecule has 5 nitrogen and oxygen atoms in total. The lowest BCUT2D eigenvalue weighted by atomic mass is 9.95. The molecule has 1 fully saturated rings. The number of hydrogen-bond donors (Lipinski definition) is 2. The topological polar surface area (TPSA) is 67.4 Å². The molecule has 0 radical (unpaired) electrons. The van der Waals surface area contributed by atoms with Gasteiger partial charge in [-0.2, -0.15) is 0 Å². The van der Waals surface area contributed by atoms with Crippen LogP contribution in [0.15, 0.2) is 42.5 Å². The number of amides is 2. The Morgan fingerprint density at radius 3 is 2.54 bits per heavy atom. The first-order valence-electron chi connectivity index (χ1n) is 9.31. The van der Waals surface area contributed by atoms with Gasteiger partial charge in [0.15, 0.2) is 6.61 Å². The van der Waals surface area contributed by atoms with Gasteiger partial charge in [-0.1, -0.05) is 60.7 Å². The molecule has 0 atom stereocenters. The quantitative estimate of drug-likeness (QED) is 0.684. The average molecular weight is 421 g/mol. The number of para-hydroxylation sites is 1. The van der Waals surface area contributed by atoms with Crippen LogP contribution in [-0.2, 0) is 4.79 Å². The van der Waals surface area contributed by atoms with Crippen LogP contribution in [0.1, 0.15) is 42.5 Å². The molecule has 0 bridgehead atoms. The van der Waals surface area contributed by atoms with E-state index in [1.807, 2.05) is 0 Å². The zero-order valence-electron chi connectivity index (χ0n) is 15.3. The standard InChI is InChI=1S/C21H22Cl2N2O3/c22-16-10-6-11-17(20(16)23)25-21(27)15-9-4-5-12-18(15)28-13-19(26)24-14-7-2-1-3-8-14/h4-6,9-12,14H,1-3,7-8,13H2,(H,24,26)(H,25,27). The summed E-state index contributed by atoms with van der Waals surface area (Å²) in [6.07, 6.45) is 5.51. The van der Waals surface area contributed by atoms with Crippen LogP contribution in [0.5, 0.6) is 5.75 Å². The van der Waals surface area contributed by atoms with E-state index >= 15 is 0 Å². The summed E-state index contributed by atoms with van der Waals surface area (Å²) in [5.74, 6) is -0.246. The van der Waals surface area contributed by atoms with Crippen LogP contribution in [0.4, 0.5) is 5.69 Å². The molecule has 2 aromatic carbocycles. The van der Waals surface area contributed by atoms with E-state index in [1.54, 1.807) is 42.5 Å². The van der Waals surface area contributed by atoms with Crippen LogP contribution in [0.2, 0.25) is 10.0 Å². The van der Waals surface area contributed by atoms with Crippen LogP contribution >= 0.6 is 23.2 Å². The number of carbonyl (C=O) groups is 2. The Hall–Kier alpha value is -2.24. The molecule has 0 aliphatic heterocycles. The first-order valence-corrected chi connectivity index (χ1v) is 10.1. The number of hydrogen-bond acceptors (Lipinski definition) is 3. The smallest absolute Gasteiger partial charge is 0.259 e. The molecule has 0 heterocycles. The Balaban J connectivity index is 1.62. The summed E-state index contributed by atoms with van der Waals surface area (Å²) in [5, 5.41) is 6.34. The van der Waals surface area contributed by atoms with E-state index in [0.717, 1.165) is 25.7 Å². The highest BCUT2D eigenvalue weighted by molar-refractivity contribution is 6.44. The molecule has 0 saturated heterocycles. The lowest BCUT2D eigenvalue weighted by molar-refractivity contribution is -0.124. The lowest BCUT2D eigenvalue weighted by Crippen LogP contribution is -2.39. The van der Waals surface area contributed by atoms with Gasteiger partial charge in [-0.05, 0) is 37.1 Å². The van der Waals surface area contributed by atoms with Gasteiger partial charge in [0.1, 0.15) is 5.75 Å². The lowest BCUT2D eigenvalue weighted by Gasteiger charge is -2.22. The molecule has 2 aromatic rings. The Morgan fingerprint density at radius 1 is 1.00 bits per heavy atom. The number of anilines is 1. The fourth-order valence-corrected chi connectivity index (χ4v) is 3.58. The summed E-state index contributed by atoms with van der Waals surface area (Å²) in [5.41, 5.74) is 0.716. The van der Waals surface area contributed by atoms with E-state index in [2.05, 4.69) is 10.6 Å². The second-order valence-electron chi connectivity index (χ2n) is 6.74. The third kappa shape index (κ3) is 5.40. The highest BCUT2D eigenvalue weighted by Gasteiger charge is 2.18. The maximum atomic E-state index is 12.7. The summed E-state index contributed by atoms with van der Waals surface area (Å²) in [6.45, 7) is -0.140. The van der Waals surface area contributed by atoms with Crippen LogP contribution < -0.4 is 15.4 Å². The average Bonchev–Trinajstić information content (AvgIpc) is 2.71. The summed E-state index contributed by atoms with van der Waals surface area (Å²) in [7, 11) is 0. The molecule has 1 aliphatic rings. The molecule has 0 spiro atoms. The van der Waals surface area contributed by atoms with Crippen molar-refractivity contribution in [3.8, 4) is 5.75 Å². The van der Waals surface area contributed by atoms with Crippen molar-refractivity contribution in [2.75, 3.05) is 11.9 Å². The largest absolute Gasteiger partial charge is 0.483 e. The summed E-state index contributed by atoms with van der Waals surface area (Å²) in [4.78, 5) is 24.8. The minimum Gasteiger partial charge on any atom is -0.483 e. The van der Waals surface area contributed by atoms with Crippen molar-refractivity contribution in [1.29, 1.82) is 0 Å². The van der Waals surface area contributed by atoms with Gasteiger partial charge in [-0.15, -0.1) is 0 Å². The number of carbonyl (C=O) groups excluding carboxylic acids is 2. The Morgan fingerprint density at radius 2 is 1.75 bits per heavy atom. The Kier molecular flexibility index (Phi) is 7.18. The maximum Gasteiger partial charge on any atom is 0.259 e. The van der Waals surface area contributed by atoms with Gasteiger partial charge in [0.05, 0.1) is 21.3 Å². The van der Waals surface area contributed by atoms with Gasteiger partial charge in [0.25, 0.3) is 11.8 Å². The predicted octanol–water partition coefficient (Wildman–Crippen LogP) is 5.07. The highest BCUT2D eigenvalue weighted by atomic mass is 35.5. The first kappa shape index (κ1) is 20.5. The van der Waals surface area contributed by atoms with Crippen molar-refractivity contribution in [3.05, 3.63) is 58.1 Å². The molecule has 0 unspecified atom stereocenters. The molecule has 3 rings (SSSR count).